The second-order valence-corrected chi connectivity index (χ2v) is 4.26. The van der Waals surface area contributed by atoms with Gasteiger partial charge in [-0.25, -0.2) is 0 Å². The lowest BCUT2D eigenvalue weighted by Crippen LogP contribution is -1.93. The Hall–Kier alpha value is -0.0100. The van der Waals surface area contributed by atoms with E-state index in [0.717, 1.165) is 11.8 Å². The molecule has 0 heterocycles. The van der Waals surface area contributed by atoms with Crippen molar-refractivity contribution in [1.82, 2.24) is 0 Å². The highest BCUT2D eigenvalue weighted by molar-refractivity contribution is 9.09. The number of hydrogen-bond donors (Lipinski definition) is 0. The molecular weight excluding hydrogens is 247 g/mol. The lowest BCUT2D eigenvalue weighted by molar-refractivity contribution is 0.926. The molecule has 0 spiro atoms. The minimum Gasteiger partial charge on any atom is -0.122 e. The molecule has 13 heavy (non-hydrogen) atoms. The van der Waals surface area contributed by atoms with E-state index >= 15 is 0 Å². The molecule has 0 aromatic heterocycles. The Balaban J connectivity index is 2.79. The molecule has 0 bridgehead atoms. The fourth-order valence-corrected chi connectivity index (χ4v) is 1.91. The van der Waals surface area contributed by atoms with Crippen LogP contribution in [0.4, 0.5) is 0 Å². The minimum atomic E-state index is 0.624. The summed E-state index contributed by atoms with van der Waals surface area (Å²) in [5.74, 6) is 0.624. The first-order chi connectivity index (χ1) is 6.27. The van der Waals surface area contributed by atoms with Crippen LogP contribution in [0.1, 0.15) is 23.1 Å². The van der Waals surface area contributed by atoms with Crippen LogP contribution in [0.3, 0.4) is 0 Å². The van der Waals surface area contributed by atoms with Crippen molar-refractivity contribution >= 4 is 27.5 Å². The Morgan fingerprint density at radius 2 is 2.08 bits per heavy atom. The summed E-state index contributed by atoms with van der Waals surface area (Å²) in [5, 5.41) is 1.06. The third-order valence-electron chi connectivity index (χ3n) is 2.09. The average Bonchev–Trinajstić information content (AvgIpc) is 2.16. The molecular formula is C11H14BrCl. The van der Waals surface area contributed by atoms with Gasteiger partial charge in [-0.05, 0) is 30.9 Å². The summed E-state index contributed by atoms with van der Waals surface area (Å²) in [6.07, 6.45) is 2.29. The molecule has 72 valence electrons. The summed E-state index contributed by atoms with van der Waals surface area (Å²) in [5.41, 5.74) is 3.96. The van der Waals surface area contributed by atoms with Gasteiger partial charge in [0.15, 0.2) is 0 Å². The topological polar surface area (TPSA) is 0 Å². The molecule has 0 amide bonds. The Labute approximate surface area is 93.4 Å². The van der Waals surface area contributed by atoms with E-state index in [-0.39, 0.29) is 0 Å². The van der Waals surface area contributed by atoms with Gasteiger partial charge >= 0.3 is 0 Å². The van der Waals surface area contributed by atoms with Crippen LogP contribution in [-0.2, 0) is 12.3 Å². The fourth-order valence-electron chi connectivity index (χ4n) is 1.38. The maximum Gasteiger partial charge on any atom is 0.0476 e. The van der Waals surface area contributed by atoms with Crippen LogP contribution in [0.15, 0.2) is 18.2 Å². The van der Waals surface area contributed by atoms with Crippen molar-refractivity contribution in [3.63, 3.8) is 0 Å². The molecule has 0 saturated heterocycles. The lowest BCUT2D eigenvalue weighted by Gasteiger charge is -2.06. The summed E-state index contributed by atoms with van der Waals surface area (Å²) in [4.78, 5) is 0. The molecule has 0 unspecified atom stereocenters. The monoisotopic (exact) mass is 260 g/mol. The van der Waals surface area contributed by atoms with E-state index in [9.17, 15) is 0 Å². The zero-order valence-electron chi connectivity index (χ0n) is 7.82. The number of rotatable bonds is 4. The first-order valence-corrected chi connectivity index (χ1v) is 6.14. The van der Waals surface area contributed by atoms with Gasteiger partial charge < -0.3 is 0 Å². The van der Waals surface area contributed by atoms with Gasteiger partial charge in [-0.3, -0.25) is 0 Å². The Kier molecular flexibility index (Phi) is 4.82. The van der Waals surface area contributed by atoms with Crippen molar-refractivity contribution in [3.8, 4) is 0 Å². The summed E-state index contributed by atoms with van der Waals surface area (Å²) in [7, 11) is 0. The van der Waals surface area contributed by atoms with Gasteiger partial charge in [-0.1, -0.05) is 39.7 Å². The maximum atomic E-state index is 5.87. The predicted octanol–water partition coefficient (Wildman–Crippen LogP) is 4.06. The second kappa shape index (κ2) is 5.66. The molecule has 0 atom stereocenters. The molecule has 0 nitrogen and oxygen atoms in total. The Bertz CT molecular complexity index is 271. The summed E-state index contributed by atoms with van der Waals surface area (Å²) >= 11 is 9.31. The van der Waals surface area contributed by atoms with Gasteiger partial charge in [-0.2, -0.15) is 0 Å². The second-order valence-electron chi connectivity index (χ2n) is 3.20. The molecule has 0 saturated carbocycles. The number of halogens is 2. The number of benzene rings is 1. The smallest absolute Gasteiger partial charge is 0.0476 e. The molecule has 0 N–H and O–H groups in total. The van der Waals surface area contributed by atoms with Crippen LogP contribution in [0, 0.1) is 6.92 Å². The molecule has 0 aliphatic rings. The van der Waals surface area contributed by atoms with Crippen LogP contribution < -0.4 is 0 Å². The van der Waals surface area contributed by atoms with Crippen LogP contribution in [0.2, 0.25) is 0 Å². The summed E-state index contributed by atoms with van der Waals surface area (Å²) < 4.78 is 0. The first-order valence-electron chi connectivity index (χ1n) is 4.48. The molecule has 1 aromatic rings. The minimum absolute atomic E-state index is 0.624. The highest BCUT2D eigenvalue weighted by atomic mass is 79.9. The number of hydrogen-bond acceptors (Lipinski definition) is 0. The SMILES string of the molecule is Cc1ccc(CCCBr)c(CCl)c1. The predicted molar refractivity (Wildman–Crippen MR) is 62.9 cm³/mol. The van der Waals surface area contributed by atoms with E-state index in [1.54, 1.807) is 0 Å². The molecule has 0 aliphatic carbocycles. The van der Waals surface area contributed by atoms with Crippen molar-refractivity contribution in [1.29, 1.82) is 0 Å². The van der Waals surface area contributed by atoms with Crippen molar-refractivity contribution in [2.24, 2.45) is 0 Å². The van der Waals surface area contributed by atoms with E-state index < -0.39 is 0 Å². The zero-order valence-corrected chi connectivity index (χ0v) is 10.2. The first kappa shape index (κ1) is 11.1. The molecule has 0 aliphatic heterocycles. The highest BCUT2D eigenvalue weighted by Crippen LogP contribution is 2.16. The van der Waals surface area contributed by atoms with Crippen molar-refractivity contribution in [2.75, 3.05) is 5.33 Å². The van der Waals surface area contributed by atoms with Crippen LogP contribution in [0.25, 0.3) is 0 Å². The van der Waals surface area contributed by atoms with Crippen LogP contribution >= 0.6 is 27.5 Å². The highest BCUT2D eigenvalue weighted by Gasteiger charge is 2.00. The summed E-state index contributed by atoms with van der Waals surface area (Å²) in [6.45, 7) is 2.10. The summed E-state index contributed by atoms with van der Waals surface area (Å²) in [6, 6.07) is 6.52. The lowest BCUT2D eigenvalue weighted by atomic mass is 10.0. The van der Waals surface area contributed by atoms with Crippen molar-refractivity contribution < 1.29 is 0 Å². The largest absolute Gasteiger partial charge is 0.122 e. The van der Waals surface area contributed by atoms with E-state index in [2.05, 4.69) is 41.1 Å². The maximum absolute atomic E-state index is 5.87. The van der Waals surface area contributed by atoms with Crippen LogP contribution in [0.5, 0.6) is 0 Å². The van der Waals surface area contributed by atoms with E-state index in [1.165, 1.54) is 23.1 Å². The normalized spacial score (nSPS) is 10.4. The molecule has 0 radical (unpaired) electrons. The molecule has 1 aromatic carbocycles. The van der Waals surface area contributed by atoms with Gasteiger partial charge in [0.25, 0.3) is 0 Å². The van der Waals surface area contributed by atoms with Gasteiger partial charge in [0.1, 0.15) is 0 Å². The van der Waals surface area contributed by atoms with Gasteiger partial charge in [0.05, 0.1) is 0 Å². The van der Waals surface area contributed by atoms with Crippen molar-refractivity contribution in [2.45, 2.75) is 25.6 Å². The third kappa shape index (κ3) is 3.32. The molecule has 2 heteroatoms. The molecule has 1 rings (SSSR count). The number of alkyl halides is 2. The Morgan fingerprint density at radius 1 is 1.31 bits per heavy atom. The third-order valence-corrected chi connectivity index (χ3v) is 2.93. The van der Waals surface area contributed by atoms with Crippen LogP contribution in [-0.4, -0.2) is 5.33 Å². The van der Waals surface area contributed by atoms with Gasteiger partial charge in [-0.15, -0.1) is 11.6 Å². The standard InChI is InChI=1S/C11H14BrCl/c1-9-4-5-10(3-2-6-12)11(7-9)8-13/h4-5,7H,2-3,6,8H2,1H3. The Morgan fingerprint density at radius 3 is 2.69 bits per heavy atom. The zero-order chi connectivity index (χ0) is 9.68. The molecule has 0 fully saturated rings. The van der Waals surface area contributed by atoms with E-state index in [1.807, 2.05) is 0 Å². The van der Waals surface area contributed by atoms with Gasteiger partial charge in [0.2, 0.25) is 0 Å². The van der Waals surface area contributed by atoms with E-state index in [0.29, 0.717) is 5.88 Å². The van der Waals surface area contributed by atoms with Gasteiger partial charge in [0, 0.05) is 11.2 Å². The average molecular weight is 262 g/mol. The van der Waals surface area contributed by atoms with E-state index in [4.69, 9.17) is 11.6 Å². The number of aryl methyl sites for hydroxylation is 2. The van der Waals surface area contributed by atoms with Crippen molar-refractivity contribution in [3.05, 3.63) is 34.9 Å². The quantitative estimate of drug-likeness (QED) is 0.717. The fraction of sp³-hybridized carbons (Fsp3) is 0.455.